The number of para-hydroxylation sites is 1. The fourth-order valence-corrected chi connectivity index (χ4v) is 3.01. The highest BCUT2D eigenvalue weighted by Crippen LogP contribution is 2.35. The first-order valence-electron chi connectivity index (χ1n) is 8.23. The maximum atomic E-state index is 13.9. The van der Waals surface area contributed by atoms with Gasteiger partial charge >= 0.3 is 0 Å². The van der Waals surface area contributed by atoms with Crippen molar-refractivity contribution in [2.45, 2.75) is 25.2 Å². The van der Waals surface area contributed by atoms with Crippen molar-refractivity contribution in [3.05, 3.63) is 76.1 Å². The van der Waals surface area contributed by atoms with Gasteiger partial charge in [0.25, 0.3) is 11.5 Å². The molecule has 0 unspecified atom stereocenters. The van der Waals surface area contributed by atoms with Gasteiger partial charge in [-0.2, -0.15) is 0 Å². The topological polar surface area (TPSA) is 64.0 Å². The van der Waals surface area contributed by atoms with Crippen LogP contribution in [0.4, 0.5) is 4.39 Å². The van der Waals surface area contributed by atoms with Crippen LogP contribution in [-0.2, 0) is 0 Å². The van der Waals surface area contributed by atoms with Crippen LogP contribution in [0.3, 0.4) is 0 Å². The Labute approximate surface area is 143 Å². The van der Waals surface area contributed by atoms with Gasteiger partial charge in [-0.1, -0.05) is 30.7 Å². The lowest BCUT2D eigenvalue weighted by molar-refractivity contribution is 0.100. The predicted octanol–water partition coefficient (Wildman–Crippen LogP) is 3.19. The van der Waals surface area contributed by atoms with Crippen LogP contribution in [0.15, 0.2) is 53.3 Å². The van der Waals surface area contributed by atoms with Gasteiger partial charge in [-0.05, 0) is 37.1 Å². The highest BCUT2D eigenvalue weighted by molar-refractivity contribution is 6.00. The first kappa shape index (κ1) is 15.5. The summed E-state index contributed by atoms with van der Waals surface area (Å²) in [4.78, 5) is 29.9. The van der Waals surface area contributed by atoms with Crippen molar-refractivity contribution in [3.8, 4) is 0 Å². The number of hydrogen-bond acceptors (Lipinski definition) is 3. The van der Waals surface area contributed by atoms with Crippen LogP contribution in [0.2, 0.25) is 0 Å². The number of halogens is 1. The highest BCUT2D eigenvalue weighted by Gasteiger charge is 2.27. The minimum atomic E-state index is -0.669. The Bertz CT molecular complexity index is 1020. The molecule has 0 bridgehead atoms. The molecule has 0 radical (unpaired) electrons. The van der Waals surface area contributed by atoms with Gasteiger partial charge < -0.3 is 0 Å². The van der Waals surface area contributed by atoms with E-state index in [9.17, 15) is 14.0 Å². The average molecular weight is 337 g/mol. The SMILES string of the molecule is O=C(Nn1c(C2CCC2)nc2ccccc2c1=O)c1ccccc1F. The van der Waals surface area contributed by atoms with Crippen molar-refractivity contribution in [2.75, 3.05) is 5.43 Å². The highest BCUT2D eigenvalue weighted by atomic mass is 19.1. The summed E-state index contributed by atoms with van der Waals surface area (Å²) in [5.41, 5.74) is 2.68. The molecule has 1 aliphatic rings. The quantitative estimate of drug-likeness (QED) is 0.798. The third-order valence-electron chi connectivity index (χ3n) is 4.60. The minimum absolute atomic E-state index is 0.109. The monoisotopic (exact) mass is 337 g/mol. The lowest BCUT2D eigenvalue weighted by Crippen LogP contribution is -2.38. The third kappa shape index (κ3) is 2.69. The number of carbonyl (C=O) groups excluding carboxylic acids is 1. The number of aromatic nitrogens is 2. The van der Waals surface area contributed by atoms with Gasteiger partial charge in [0.15, 0.2) is 0 Å². The van der Waals surface area contributed by atoms with Gasteiger partial charge in [0.1, 0.15) is 11.6 Å². The van der Waals surface area contributed by atoms with Gasteiger partial charge in [0.05, 0.1) is 16.5 Å². The van der Waals surface area contributed by atoms with E-state index in [0.717, 1.165) is 19.3 Å². The second-order valence-electron chi connectivity index (χ2n) is 6.18. The Balaban J connectivity index is 1.82. The van der Waals surface area contributed by atoms with Gasteiger partial charge in [-0.25, -0.2) is 14.1 Å². The van der Waals surface area contributed by atoms with Gasteiger partial charge in [-0.15, -0.1) is 0 Å². The van der Waals surface area contributed by atoms with Crippen LogP contribution in [0, 0.1) is 5.82 Å². The second kappa shape index (κ2) is 6.12. The molecular formula is C19H16FN3O2. The summed E-state index contributed by atoms with van der Waals surface area (Å²) in [5, 5.41) is 0.416. The van der Waals surface area contributed by atoms with Crippen molar-refractivity contribution < 1.29 is 9.18 Å². The number of fused-ring (bicyclic) bond motifs is 1. The maximum absolute atomic E-state index is 13.9. The van der Waals surface area contributed by atoms with Crippen LogP contribution < -0.4 is 11.0 Å². The summed E-state index contributed by atoms with van der Waals surface area (Å²) in [6.07, 6.45) is 2.90. The molecule has 0 saturated heterocycles. The Morgan fingerprint density at radius 2 is 1.84 bits per heavy atom. The molecule has 6 heteroatoms. The van der Waals surface area contributed by atoms with Crippen LogP contribution in [0.1, 0.15) is 41.4 Å². The second-order valence-corrected chi connectivity index (χ2v) is 6.18. The normalized spacial score (nSPS) is 14.3. The van der Waals surface area contributed by atoms with Crippen molar-refractivity contribution in [3.63, 3.8) is 0 Å². The molecule has 1 heterocycles. The molecule has 5 nitrogen and oxygen atoms in total. The Morgan fingerprint density at radius 3 is 2.56 bits per heavy atom. The van der Waals surface area contributed by atoms with Crippen molar-refractivity contribution in [2.24, 2.45) is 0 Å². The van der Waals surface area contributed by atoms with Crippen LogP contribution >= 0.6 is 0 Å². The van der Waals surface area contributed by atoms with E-state index in [1.165, 1.54) is 22.9 Å². The number of carbonyl (C=O) groups is 1. The largest absolute Gasteiger partial charge is 0.280 e. The molecule has 126 valence electrons. The number of rotatable bonds is 3. The van der Waals surface area contributed by atoms with E-state index in [0.29, 0.717) is 16.7 Å². The zero-order chi connectivity index (χ0) is 17.4. The minimum Gasteiger partial charge on any atom is -0.267 e. The van der Waals surface area contributed by atoms with Gasteiger partial charge in [0.2, 0.25) is 0 Å². The molecule has 25 heavy (non-hydrogen) atoms. The predicted molar refractivity (Wildman–Crippen MR) is 92.7 cm³/mol. The molecule has 3 aromatic rings. The summed E-state index contributed by atoms with van der Waals surface area (Å²) in [5.74, 6) is -0.650. The Morgan fingerprint density at radius 1 is 1.12 bits per heavy atom. The summed E-state index contributed by atoms with van der Waals surface area (Å²) in [7, 11) is 0. The Hall–Kier alpha value is -3.02. The van der Waals surface area contributed by atoms with E-state index >= 15 is 0 Å². The molecule has 0 spiro atoms. The first-order valence-corrected chi connectivity index (χ1v) is 8.23. The zero-order valence-electron chi connectivity index (χ0n) is 13.4. The van der Waals surface area contributed by atoms with E-state index < -0.39 is 11.7 Å². The van der Waals surface area contributed by atoms with Crippen LogP contribution in [-0.4, -0.2) is 15.6 Å². The molecule has 2 aromatic carbocycles. The molecule has 1 N–H and O–H groups in total. The van der Waals surface area contributed by atoms with Crippen molar-refractivity contribution in [1.29, 1.82) is 0 Å². The van der Waals surface area contributed by atoms with Gasteiger partial charge in [-0.3, -0.25) is 15.0 Å². The van der Waals surface area contributed by atoms with Crippen molar-refractivity contribution >= 4 is 16.8 Å². The van der Waals surface area contributed by atoms with Crippen LogP contribution in [0.25, 0.3) is 10.9 Å². The molecule has 1 amide bonds. The van der Waals surface area contributed by atoms with Crippen LogP contribution in [0.5, 0.6) is 0 Å². The van der Waals surface area contributed by atoms with E-state index in [1.807, 2.05) is 6.07 Å². The molecule has 1 aromatic heterocycles. The molecule has 0 atom stereocenters. The number of hydrogen-bond donors (Lipinski definition) is 1. The number of nitrogens with zero attached hydrogens (tertiary/aromatic N) is 2. The number of amides is 1. The fourth-order valence-electron chi connectivity index (χ4n) is 3.01. The maximum Gasteiger partial charge on any atom is 0.280 e. The molecule has 1 aliphatic carbocycles. The summed E-state index contributed by atoms with van der Waals surface area (Å²) < 4.78 is 15.1. The summed E-state index contributed by atoms with van der Waals surface area (Å²) in [6, 6.07) is 12.7. The zero-order valence-corrected chi connectivity index (χ0v) is 13.4. The molecule has 1 fully saturated rings. The first-order chi connectivity index (χ1) is 12.1. The number of benzene rings is 2. The van der Waals surface area contributed by atoms with E-state index in [2.05, 4.69) is 10.4 Å². The van der Waals surface area contributed by atoms with E-state index in [1.54, 1.807) is 24.3 Å². The molecule has 0 aliphatic heterocycles. The fraction of sp³-hybridized carbons (Fsp3) is 0.211. The standard InChI is InChI=1S/C19H16FN3O2/c20-15-10-3-1-8-13(15)18(24)22-23-17(12-6-5-7-12)21-16-11-4-2-9-14(16)19(23)25/h1-4,8-12H,5-7H2,(H,22,24). The Kier molecular flexibility index (Phi) is 3.80. The molecular weight excluding hydrogens is 321 g/mol. The summed E-state index contributed by atoms with van der Waals surface area (Å²) >= 11 is 0. The summed E-state index contributed by atoms with van der Waals surface area (Å²) in [6.45, 7) is 0. The van der Waals surface area contributed by atoms with E-state index in [4.69, 9.17) is 0 Å². The van der Waals surface area contributed by atoms with Gasteiger partial charge in [0, 0.05) is 5.92 Å². The lowest BCUT2D eigenvalue weighted by atomic mass is 9.84. The van der Waals surface area contributed by atoms with Crippen molar-refractivity contribution in [1.82, 2.24) is 9.66 Å². The van der Waals surface area contributed by atoms with E-state index in [-0.39, 0.29) is 17.0 Å². The average Bonchev–Trinajstić information content (AvgIpc) is 2.57. The molecule has 1 saturated carbocycles. The smallest absolute Gasteiger partial charge is 0.267 e. The third-order valence-corrected chi connectivity index (χ3v) is 4.60. The lowest BCUT2D eigenvalue weighted by Gasteiger charge is -2.27. The number of nitrogens with one attached hydrogen (secondary N) is 1. The molecule has 4 rings (SSSR count).